The van der Waals surface area contributed by atoms with Crippen LogP contribution in [0, 0.1) is 0 Å². The Morgan fingerprint density at radius 1 is 1.25 bits per heavy atom. The van der Waals surface area contributed by atoms with Crippen molar-refractivity contribution in [1.82, 2.24) is 19.9 Å². The van der Waals surface area contributed by atoms with Gasteiger partial charge in [0.15, 0.2) is 11.0 Å². The van der Waals surface area contributed by atoms with Crippen molar-refractivity contribution in [1.29, 1.82) is 0 Å². The van der Waals surface area contributed by atoms with Crippen LogP contribution in [0.1, 0.15) is 19.2 Å². The summed E-state index contributed by atoms with van der Waals surface area (Å²) in [6, 6.07) is 3.68. The van der Waals surface area contributed by atoms with Crippen molar-refractivity contribution in [3.05, 3.63) is 30.4 Å². The number of aromatic nitrogens is 4. The Labute approximate surface area is 122 Å². The van der Waals surface area contributed by atoms with E-state index < -0.39 is 0 Å². The van der Waals surface area contributed by atoms with Crippen molar-refractivity contribution in [3.8, 4) is 0 Å². The highest BCUT2D eigenvalue weighted by atomic mass is 32.2. The highest BCUT2D eigenvalue weighted by Crippen LogP contribution is 2.24. The van der Waals surface area contributed by atoms with E-state index in [4.69, 9.17) is 4.74 Å². The van der Waals surface area contributed by atoms with Crippen LogP contribution in [0.2, 0.25) is 0 Å². The second kappa shape index (κ2) is 7.76. The summed E-state index contributed by atoms with van der Waals surface area (Å²) in [4.78, 5) is 17.2. The second-order valence-corrected chi connectivity index (χ2v) is 4.99. The van der Waals surface area contributed by atoms with Crippen LogP contribution in [-0.4, -0.2) is 33.6 Å². The molecule has 0 aliphatic heterocycles. The molecule has 6 nitrogen and oxygen atoms in total. The molecule has 0 aromatic carbocycles. The van der Waals surface area contributed by atoms with Gasteiger partial charge in [0.25, 0.3) is 0 Å². The van der Waals surface area contributed by atoms with Gasteiger partial charge in [0, 0.05) is 32.1 Å². The van der Waals surface area contributed by atoms with Gasteiger partial charge in [-0.05, 0) is 24.2 Å². The van der Waals surface area contributed by atoms with E-state index in [1.54, 1.807) is 25.6 Å². The molecule has 0 aliphatic carbocycles. The van der Waals surface area contributed by atoms with Gasteiger partial charge in [0.1, 0.15) is 17.5 Å². The fraction of sp³-hybridized carbons (Fsp3) is 0.385. The lowest BCUT2D eigenvalue weighted by Crippen LogP contribution is -2.06. The van der Waals surface area contributed by atoms with Gasteiger partial charge in [-0.15, -0.1) is 0 Å². The largest absolute Gasteiger partial charge is 0.377 e. The molecule has 0 atom stereocenters. The van der Waals surface area contributed by atoms with E-state index in [2.05, 4.69) is 32.2 Å². The summed E-state index contributed by atoms with van der Waals surface area (Å²) >= 11 is 1.41. The molecule has 7 heteroatoms. The van der Waals surface area contributed by atoms with Gasteiger partial charge in [-0.25, -0.2) is 19.9 Å². The Morgan fingerprint density at radius 2 is 2.05 bits per heavy atom. The third kappa shape index (κ3) is 4.43. The minimum Gasteiger partial charge on any atom is -0.377 e. The van der Waals surface area contributed by atoms with Crippen molar-refractivity contribution < 1.29 is 4.74 Å². The van der Waals surface area contributed by atoms with Gasteiger partial charge in [0.2, 0.25) is 0 Å². The Hall–Kier alpha value is -1.73. The lowest BCUT2D eigenvalue weighted by molar-refractivity contribution is 0.177. The standard InChI is InChI=1S/C13H17N5OS/c1-3-5-14-10-8-12(18-11(17-10)9-19-2)20-13-15-6-4-7-16-13/h4,6-8H,3,5,9H2,1-2H3,(H,14,17,18). The van der Waals surface area contributed by atoms with Crippen LogP contribution < -0.4 is 5.32 Å². The van der Waals surface area contributed by atoms with Gasteiger partial charge in [-0.1, -0.05) is 6.92 Å². The molecule has 1 N–H and O–H groups in total. The molecule has 2 rings (SSSR count). The van der Waals surface area contributed by atoms with Crippen LogP contribution in [0.3, 0.4) is 0 Å². The van der Waals surface area contributed by atoms with Crippen LogP contribution in [0.25, 0.3) is 0 Å². The molecule has 0 saturated carbocycles. The SMILES string of the molecule is CCCNc1cc(Sc2ncccn2)nc(COC)n1. The molecule has 0 aliphatic rings. The van der Waals surface area contributed by atoms with Gasteiger partial charge >= 0.3 is 0 Å². The van der Waals surface area contributed by atoms with Crippen molar-refractivity contribution in [3.63, 3.8) is 0 Å². The van der Waals surface area contributed by atoms with Crippen LogP contribution in [0.15, 0.2) is 34.7 Å². The molecule has 0 unspecified atom stereocenters. The van der Waals surface area contributed by atoms with Gasteiger partial charge in [0.05, 0.1) is 0 Å². The zero-order valence-electron chi connectivity index (χ0n) is 11.5. The molecule has 0 radical (unpaired) electrons. The molecule has 2 aromatic rings. The maximum Gasteiger partial charge on any atom is 0.193 e. The highest BCUT2D eigenvalue weighted by molar-refractivity contribution is 7.99. The van der Waals surface area contributed by atoms with Gasteiger partial charge in [-0.2, -0.15) is 0 Å². The minimum absolute atomic E-state index is 0.380. The summed E-state index contributed by atoms with van der Waals surface area (Å²) in [6.07, 6.45) is 4.46. The first-order valence-corrected chi connectivity index (χ1v) is 7.19. The van der Waals surface area contributed by atoms with E-state index in [9.17, 15) is 0 Å². The Balaban J connectivity index is 2.19. The number of anilines is 1. The molecular formula is C13H17N5OS. The van der Waals surface area contributed by atoms with Crippen LogP contribution in [0.4, 0.5) is 5.82 Å². The number of ether oxygens (including phenoxy) is 1. The van der Waals surface area contributed by atoms with Crippen molar-refractivity contribution in [2.24, 2.45) is 0 Å². The third-order valence-corrected chi connectivity index (χ3v) is 3.13. The first-order chi connectivity index (χ1) is 9.81. The number of hydrogen-bond acceptors (Lipinski definition) is 7. The lowest BCUT2D eigenvalue weighted by atomic mass is 10.4. The van der Waals surface area contributed by atoms with Gasteiger partial charge < -0.3 is 10.1 Å². The summed E-state index contributed by atoms with van der Waals surface area (Å²) in [6.45, 7) is 3.36. The molecule has 2 heterocycles. The molecule has 0 bridgehead atoms. The highest BCUT2D eigenvalue weighted by Gasteiger charge is 2.07. The van der Waals surface area contributed by atoms with E-state index in [1.165, 1.54) is 11.8 Å². The van der Waals surface area contributed by atoms with E-state index in [1.807, 2.05) is 6.07 Å². The summed E-state index contributed by atoms with van der Waals surface area (Å²) in [5, 5.41) is 4.72. The Morgan fingerprint density at radius 3 is 2.75 bits per heavy atom. The topological polar surface area (TPSA) is 72.8 Å². The summed E-state index contributed by atoms with van der Waals surface area (Å²) < 4.78 is 5.10. The van der Waals surface area contributed by atoms with Crippen molar-refractivity contribution >= 4 is 17.6 Å². The maximum atomic E-state index is 5.10. The average molecular weight is 291 g/mol. The molecule has 0 amide bonds. The molecule has 0 spiro atoms. The number of nitrogens with zero attached hydrogens (tertiary/aromatic N) is 4. The van der Waals surface area contributed by atoms with Crippen LogP contribution in [-0.2, 0) is 11.3 Å². The number of hydrogen-bond donors (Lipinski definition) is 1. The Kier molecular flexibility index (Phi) is 5.69. The number of nitrogens with one attached hydrogen (secondary N) is 1. The van der Waals surface area contributed by atoms with Crippen LogP contribution >= 0.6 is 11.8 Å². The fourth-order valence-corrected chi connectivity index (χ4v) is 2.23. The van der Waals surface area contributed by atoms with Crippen LogP contribution in [0.5, 0.6) is 0 Å². The summed E-state index contributed by atoms with van der Waals surface area (Å²) in [5.74, 6) is 1.44. The van der Waals surface area contributed by atoms with E-state index in [0.717, 1.165) is 23.8 Å². The van der Waals surface area contributed by atoms with E-state index in [-0.39, 0.29) is 0 Å². The molecular weight excluding hydrogens is 274 g/mol. The van der Waals surface area contributed by atoms with E-state index in [0.29, 0.717) is 17.6 Å². The maximum absolute atomic E-state index is 5.10. The third-order valence-electron chi connectivity index (χ3n) is 2.32. The smallest absolute Gasteiger partial charge is 0.193 e. The molecule has 2 aromatic heterocycles. The quantitative estimate of drug-likeness (QED) is 0.620. The second-order valence-electron chi connectivity index (χ2n) is 4.00. The molecule has 0 saturated heterocycles. The minimum atomic E-state index is 0.380. The van der Waals surface area contributed by atoms with Gasteiger partial charge in [-0.3, -0.25) is 0 Å². The fourth-order valence-electron chi connectivity index (χ4n) is 1.49. The number of methoxy groups -OCH3 is 1. The first kappa shape index (κ1) is 14.7. The monoisotopic (exact) mass is 291 g/mol. The predicted molar refractivity (Wildman–Crippen MR) is 77.7 cm³/mol. The zero-order valence-corrected chi connectivity index (χ0v) is 12.4. The normalized spacial score (nSPS) is 10.5. The van der Waals surface area contributed by atoms with E-state index >= 15 is 0 Å². The zero-order chi connectivity index (χ0) is 14.2. The number of rotatable bonds is 7. The molecule has 20 heavy (non-hydrogen) atoms. The Bertz CT molecular complexity index is 538. The summed E-state index contributed by atoms with van der Waals surface area (Å²) in [7, 11) is 1.63. The van der Waals surface area contributed by atoms with Crippen molar-refractivity contribution in [2.45, 2.75) is 30.1 Å². The first-order valence-electron chi connectivity index (χ1n) is 6.37. The summed E-state index contributed by atoms with van der Waals surface area (Å²) in [5.41, 5.74) is 0. The van der Waals surface area contributed by atoms with Crippen molar-refractivity contribution in [2.75, 3.05) is 19.0 Å². The molecule has 0 fully saturated rings. The lowest BCUT2D eigenvalue weighted by Gasteiger charge is -2.08. The predicted octanol–water partition coefficient (Wildman–Crippen LogP) is 2.39. The molecule has 106 valence electrons. The average Bonchev–Trinajstić information content (AvgIpc) is 2.46.